The number of aliphatic hydroxyl groups excluding tert-OH is 1. The number of pyridine rings is 1. The summed E-state index contributed by atoms with van der Waals surface area (Å²) in [4.78, 5) is 12.2. The minimum atomic E-state index is -0.327. The summed E-state index contributed by atoms with van der Waals surface area (Å²) in [7, 11) is 1.55. The fourth-order valence-electron chi connectivity index (χ4n) is 2.02. The van der Waals surface area contributed by atoms with E-state index in [-0.39, 0.29) is 18.0 Å². The van der Waals surface area contributed by atoms with Gasteiger partial charge in [0.15, 0.2) is 0 Å². The molecule has 0 aliphatic carbocycles. The van der Waals surface area contributed by atoms with Gasteiger partial charge in [-0.25, -0.2) is 4.39 Å². The average Bonchev–Trinajstić information content (AvgIpc) is 2.47. The van der Waals surface area contributed by atoms with Crippen molar-refractivity contribution in [2.45, 2.75) is 13.2 Å². The summed E-state index contributed by atoms with van der Waals surface area (Å²) >= 11 is 0. The minimum Gasteiger partial charge on any atom is -0.391 e. The van der Waals surface area contributed by atoms with Crippen molar-refractivity contribution in [2.75, 3.05) is 13.7 Å². The average molecular weight is 277 g/mol. The Bertz CT molecular complexity index is 635. The third kappa shape index (κ3) is 2.95. The van der Waals surface area contributed by atoms with Crippen LogP contribution in [0.1, 0.15) is 5.56 Å². The largest absolute Gasteiger partial charge is 0.391 e. The molecule has 5 heteroatoms. The van der Waals surface area contributed by atoms with Gasteiger partial charge in [-0.1, -0.05) is 0 Å². The number of rotatable bonds is 5. The first-order valence-corrected chi connectivity index (χ1v) is 6.26. The molecule has 20 heavy (non-hydrogen) atoms. The second kappa shape index (κ2) is 6.45. The second-order valence-corrected chi connectivity index (χ2v) is 4.36. The molecule has 0 aliphatic rings. The number of hydrogen-bond donors (Lipinski definition) is 1. The van der Waals surface area contributed by atoms with Crippen molar-refractivity contribution in [3.8, 4) is 11.3 Å². The molecule has 106 valence electrons. The van der Waals surface area contributed by atoms with Gasteiger partial charge in [-0.15, -0.1) is 0 Å². The third-order valence-electron chi connectivity index (χ3n) is 3.08. The number of hydrogen-bond acceptors (Lipinski definition) is 3. The first-order valence-electron chi connectivity index (χ1n) is 6.26. The van der Waals surface area contributed by atoms with E-state index in [1.807, 2.05) is 0 Å². The van der Waals surface area contributed by atoms with E-state index < -0.39 is 0 Å². The maximum Gasteiger partial charge on any atom is 0.256 e. The smallest absolute Gasteiger partial charge is 0.256 e. The maximum atomic E-state index is 13.0. The first kappa shape index (κ1) is 14.4. The summed E-state index contributed by atoms with van der Waals surface area (Å²) in [6, 6.07) is 9.26. The molecule has 0 radical (unpaired) electrons. The molecule has 0 atom stereocenters. The SMILES string of the molecule is COCCn1c(-c2ccc(F)cc2)ccc(CO)c1=O. The first-order chi connectivity index (χ1) is 9.67. The van der Waals surface area contributed by atoms with Crippen LogP contribution < -0.4 is 5.56 Å². The Balaban J connectivity index is 2.54. The van der Waals surface area contributed by atoms with Gasteiger partial charge in [-0.3, -0.25) is 4.79 Å². The lowest BCUT2D eigenvalue weighted by molar-refractivity contribution is 0.186. The molecule has 0 fully saturated rings. The van der Waals surface area contributed by atoms with Gasteiger partial charge in [0.1, 0.15) is 5.82 Å². The predicted octanol–water partition coefficient (Wildman–Crippen LogP) is 1.79. The van der Waals surface area contributed by atoms with E-state index in [1.165, 1.54) is 16.7 Å². The molecule has 1 N–H and O–H groups in total. The highest BCUT2D eigenvalue weighted by Crippen LogP contribution is 2.19. The Kier molecular flexibility index (Phi) is 4.65. The summed E-state index contributed by atoms with van der Waals surface area (Å²) < 4.78 is 19.5. The zero-order valence-electron chi connectivity index (χ0n) is 11.2. The predicted molar refractivity (Wildman–Crippen MR) is 73.9 cm³/mol. The molecule has 4 nitrogen and oxygen atoms in total. The number of ether oxygens (including phenoxy) is 1. The van der Waals surface area contributed by atoms with Crippen molar-refractivity contribution in [3.05, 3.63) is 58.1 Å². The molecular formula is C15H16FNO3. The molecule has 1 aromatic carbocycles. The number of benzene rings is 1. The summed E-state index contributed by atoms with van der Waals surface area (Å²) in [5.41, 5.74) is 1.48. The highest BCUT2D eigenvalue weighted by molar-refractivity contribution is 5.59. The number of methoxy groups -OCH3 is 1. The van der Waals surface area contributed by atoms with Gasteiger partial charge in [-0.05, 0) is 42.0 Å². The van der Waals surface area contributed by atoms with Gasteiger partial charge < -0.3 is 14.4 Å². The zero-order valence-corrected chi connectivity index (χ0v) is 11.2. The minimum absolute atomic E-state index is 0.258. The van der Waals surface area contributed by atoms with Crippen molar-refractivity contribution in [1.82, 2.24) is 4.57 Å². The number of halogens is 1. The lowest BCUT2D eigenvalue weighted by Crippen LogP contribution is -2.26. The summed E-state index contributed by atoms with van der Waals surface area (Å²) in [5, 5.41) is 9.17. The van der Waals surface area contributed by atoms with Crippen molar-refractivity contribution < 1.29 is 14.2 Å². The second-order valence-electron chi connectivity index (χ2n) is 4.36. The van der Waals surface area contributed by atoms with E-state index in [2.05, 4.69) is 0 Å². The quantitative estimate of drug-likeness (QED) is 0.906. The summed E-state index contributed by atoms with van der Waals surface area (Å²) in [6.45, 7) is 0.439. The summed E-state index contributed by atoms with van der Waals surface area (Å²) in [5.74, 6) is -0.327. The van der Waals surface area contributed by atoms with E-state index >= 15 is 0 Å². The highest BCUT2D eigenvalue weighted by Gasteiger charge is 2.10. The molecule has 1 heterocycles. The van der Waals surface area contributed by atoms with Crippen molar-refractivity contribution in [1.29, 1.82) is 0 Å². The van der Waals surface area contributed by atoms with Crippen LogP contribution in [0.25, 0.3) is 11.3 Å². The van der Waals surface area contributed by atoms with Crippen LogP contribution in [0.2, 0.25) is 0 Å². The lowest BCUT2D eigenvalue weighted by atomic mass is 10.1. The Morgan fingerprint density at radius 2 is 1.90 bits per heavy atom. The molecule has 2 aromatic rings. The number of aliphatic hydroxyl groups is 1. The number of nitrogens with zero attached hydrogens (tertiary/aromatic N) is 1. The zero-order chi connectivity index (χ0) is 14.5. The van der Waals surface area contributed by atoms with Crippen LogP contribution in [0, 0.1) is 5.82 Å². The van der Waals surface area contributed by atoms with E-state index in [0.717, 1.165) is 5.56 Å². The Morgan fingerprint density at radius 1 is 1.20 bits per heavy atom. The maximum absolute atomic E-state index is 13.0. The van der Waals surface area contributed by atoms with Crippen LogP contribution in [-0.2, 0) is 17.9 Å². The van der Waals surface area contributed by atoms with Crippen LogP contribution in [-0.4, -0.2) is 23.4 Å². The lowest BCUT2D eigenvalue weighted by Gasteiger charge is -2.14. The molecule has 2 rings (SSSR count). The van der Waals surface area contributed by atoms with Crippen LogP contribution >= 0.6 is 0 Å². The monoisotopic (exact) mass is 277 g/mol. The van der Waals surface area contributed by atoms with Crippen LogP contribution in [0.4, 0.5) is 4.39 Å². The molecule has 1 aromatic heterocycles. The number of aromatic nitrogens is 1. The molecule has 0 spiro atoms. The molecular weight excluding hydrogens is 261 g/mol. The molecule has 0 aliphatic heterocycles. The van der Waals surface area contributed by atoms with E-state index in [9.17, 15) is 14.3 Å². The van der Waals surface area contributed by atoms with Crippen LogP contribution in [0.15, 0.2) is 41.2 Å². The Labute approximate surface area is 116 Å². The van der Waals surface area contributed by atoms with E-state index in [4.69, 9.17) is 4.74 Å². The highest BCUT2D eigenvalue weighted by atomic mass is 19.1. The van der Waals surface area contributed by atoms with E-state index in [1.54, 1.807) is 31.4 Å². The van der Waals surface area contributed by atoms with Crippen molar-refractivity contribution in [2.24, 2.45) is 0 Å². The topological polar surface area (TPSA) is 51.5 Å². The van der Waals surface area contributed by atoms with Crippen LogP contribution in [0.5, 0.6) is 0 Å². The molecule has 0 bridgehead atoms. The molecule has 0 unspecified atom stereocenters. The van der Waals surface area contributed by atoms with Gasteiger partial charge in [0.25, 0.3) is 5.56 Å². The van der Waals surface area contributed by atoms with Crippen molar-refractivity contribution in [3.63, 3.8) is 0 Å². The Morgan fingerprint density at radius 3 is 2.50 bits per heavy atom. The summed E-state index contributed by atoms with van der Waals surface area (Å²) in [6.07, 6.45) is 0. The molecule has 0 saturated heterocycles. The van der Waals surface area contributed by atoms with Gasteiger partial charge in [0.05, 0.1) is 18.9 Å². The standard InChI is InChI=1S/C15H16FNO3/c1-20-9-8-17-14(7-4-12(10-18)15(17)19)11-2-5-13(16)6-3-11/h2-7,18H,8-10H2,1H3. The van der Waals surface area contributed by atoms with E-state index in [0.29, 0.717) is 24.4 Å². The normalized spacial score (nSPS) is 10.8. The fourth-order valence-corrected chi connectivity index (χ4v) is 2.02. The van der Waals surface area contributed by atoms with Crippen LogP contribution in [0.3, 0.4) is 0 Å². The fraction of sp³-hybridized carbons (Fsp3) is 0.267. The Hall–Kier alpha value is -1.98. The van der Waals surface area contributed by atoms with Gasteiger partial charge in [-0.2, -0.15) is 0 Å². The molecule has 0 saturated carbocycles. The van der Waals surface area contributed by atoms with Gasteiger partial charge in [0.2, 0.25) is 0 Å². The molecule has 0 amide bonds. The van der Waals surface area contributed by atoms with Crippen molar-refractivity contribution >= 4 is 0 Å². The third-order valence-corrected chi connectivity index (χ3v) is 3.08. The van der Waals surface area contributed by atoms with Gasteiger partial charge >= 0.3 is 0 Å². The van der Waals surface area contributed by atoms with Gasteiger partial charge in [0, 0.05) is 19.2 Å².